The Balaban J connectivity index is 2.25. The number of aryl methyl sites for hydroxylation is 2. The van der Waals surface area contributed by atoms with Crippen molar-refractivity contribution in [3.63, 3.8) is 0 Å². The number of carbonyl (C=O) groups is 1. The molecule has 0 aliphatic carbocycles. The number of rotatable bonds is 8. The van der Waals surface area contributed by atoms with Crippen molar-refractivity contribution in [1.82, 2.24) is 10.3 Å². The number of para-hydroxylation sites is 1. The Bertz CT molecular complexity index is 829. The van der Waals surface area contributed by atoms with Crippen LogP contribution in [0, 0.1) is 0 Å². The summed E-state index contributed by atoms with van der Waals surface area (Å²) >= 11 is 0. The number of aromatic nitrogens is 1. The zero-order valence-electron chi connectivity index (χ0n) is 15.4. The fourth-order valence-corrected chi connectivity index (χ4v) is 3.71. The molecule has 0 unspecified atom stereocenters. The minimum atomic E-state index is -3.60. The van der Waals surface area contributed by atoms with E-state index in [1.165, 1.54) is 4.31 Å². The summed E-state index contributed by atoms with van der Waals surface area (Å²) in [7, 11) is -3.60. The molecule has 1 N–H and O–H groups in total. The molecule has 2 rings (SSSR count). The maximum absolute atomic E-state index is 12.4. The van der Waals surface area contributed by atoms with E-state index in [-0.39, 0.29) is 12.5 Å². The fraction of sp³-hybridized carbons (Fsp3) is 0.368. The van der Waals surface area contributed by atoms with Gasteiger partial charge in [0.25, 0.3) is 0 Å². The predicted octanol–water partition coefficient (Wildman–Crippen LogP) is 2.29. The molecule has 0 radical (unpaired) electrons. The van der Waals surface area contributed by atoms with Gasteiger partial charge in [-0.05, 0) is 35.6 Å². The van der Waals surface area contributed by atoms with Crippen LogP contribution in [0.3, 0.4) is 0 Å². The summed E-state index contributed by atoms with van der Waals surface area (Å²) in [4.78, 5) is 16.4. The predicted molar refractivity (Wildman–Crippen MR) is 103 cm³/mol. The van der Waals surface area contributed by atoms with Crippen LogP contribution < -0.4 is 9.62 Å². The molecule has 0 saturated carbocycles. The summed E-state index contributed by atoms with van der Waals surface area (Å²) in [5, 5.41) is 2.76. The van der Waals surface area contributed by atoms with Gasteiger partial charge in [0.05, 0.1) is 11.9 Å². The normalized spacial score (nSPS) is 11.2. The van der Waals surface area contributed by atoms with E-state index in [4.69, 9.17) is 0 Å². The number of hydrogen-bond donors (Lipinski definition) is 1. The highest BCUT2D eigenvalue weighted by Crippen LogP contribution is 2.28. The molecule has 0 saturated heterocycles. The fourth-order valence-electron chi connectivity index (χ4n) is 2.79. The Morgan fingerprint density at radius 2 is 1.77 bits per heavy atom. The van der Waals surface area contributed by atoms with Crippen molar-refractivity contribution >= 4 is 21.6 Å². The summed E-state index contributed by atoms with van der Waals surface area (Å²) in [6.07, 6.45) is 5.83. The van der Waals surface area contributed by atoms with Crippen molar-refractivity contribution in [3.05, 3.63) is 59.4 Å². The van der Waals surface area contributed by atoms with Crippen molar-refractivity contribution in [1.29, 1.82) is 0 Å². The Kier molecular flexibility index (Phi) is 6.74. The molecule has 0 aliphatic rings. The standard InChI is InChI=1S/C19H25N3O3S/c1-4-16-9-6-10-17(5-2)19(16)22(26(3,24)25)14-18(23)21-13-15-8-7-11-20-12-15/h6-12H,4-5,13-14H2,1-3H3,(H,21,23). The van der Waals surface area contributed by atoms with Crippen LogP contribution in [0.4, 0.5) is 5.69 Å². The van der Waals surface area contributed by atoms with Gasteiger partial charge in [-0.15, -0.1) is 0 Å². The largest absolute Gasteiger partial charge is 0.350 e. The van der Waals surface area contributed by atoms with Gasteiger partial charge in [0.15, 0.2) is 0 Å². The number of carbonyl (C=O) groups excluding carboxylic acids is 1. The van der Waals surface area contributed by atoms with Crippen molar-refractivity contribution in [2.24, 2.45) is 0 Å². The molecule has 1 aromatic carbocycles. The first-order valence-corrected chi connectivity index (χ1v) is 10.5. The zero-order chi connectivity index (χ0) is 19.2. The summed E-state index contributed by atoms with van der Waals surface area (Å²) in [6.45, 7) is 4.01. The van der Waals surface area contributed by atoms with Crippen LogP contribution in [-0.2, 0) is 34.2 Å². The summed E-state index contributed by atoms with van der Waals surface area (Å²) in [5.74, 6) is -0.354. The van der Waals surface area contributed by atoms with E-state index in [1.54, 1.807) is 18.5 Å². The highest BCUT2D eigenvalue weighted by Gasteiger charge is 2.24. The number of benzene rings is 1. The van der Waals surface area contributed by atoms with Gasteiger partial charge in [-0.25, -0.2) is 8.42 Å². The van der Waals surface area contributed by atoms with E-state index in [0.717, 1.165) is 22.9 Å². The van der Waals surface area contributed by atoms with Gasteiger partial charge >= 0.3 is 0 Å². The number of amides is 1. The molecule has 1 amide bonds. The maximum Gasteiger partial charge on any atom is 0.241 e. The lowest BCUT2D eigenvalue weighted by molar-refractivity contribution is -0.119. The molecule has 0 fully saturated rings. The number of pyridine rings is 1. The molecule has 140 valence electrons. The average Bonchev–Trinajstić information content (AvgIpc) is 2.63. The molecule has 2 aromatic rings. The van der Waals surface area contributed by atoms with Crippen LogP contribution in [0.2, 0.25) is 0 Å². The maximum atomic E-state index is 12.4. The van der Waals surface area contributed by atoms with Gasteiger partial charge in [0.2, 0.25) is 15.9 Å². The first-order chi connectivity index (χ1) is 12.4. The van der Waals surface area contributed by atoms with Gasteiger partial charge in [-0.2, -0.15) is 0 Å². The van der Waals surface area contributed by atoms with Crippen LogP contribution in [0.15, 0.2) is 42.7 Å². The molecule has 0 spiro atoms. The Labute approximate surface area is 155 Å². The van der Waals surface area contributed by atoms with E-state index in [1.807, 2.05) is 38.1 Å². The third kappa shape index (κ3) is 5.05. The third-order valence-electron chi connectivity index (χ3n) is 4.11. The lowest BCUT2D eigenvalue weighted by Crippen LogP contribution is -2.41. The number of hydrogen-bond acceptors (Lipinski definition) is 4. The topological polar surface area (TPSA) is 79.4 Å². The Morgan fingerprint density at radius 3 is 2.27 bits per heavy atom. The molecule has 0 aliphatic heterocycles. The summed E-state index contributed by atoms with van der Waals surface area (Å²) in [5.41, 5.74) is 3.30. The van der Waals surface area contributed by atoms with E-state index in [0.29, 0.717) is 25.1 Å². The van der Waals surface area contributed by atoms with Crippen molar-refractivity contribution < 1.29 is 13.2 Å². The van der Waals surface area contributed by atoms with Crippen molar-refractivity contribution in [2.75, 3.05) is 17.1 Å². The second-order valence-corrected chi connectivity index (χ2v) is 7.95. The van der Waals surface area contributed by atoms with E-state index in [9.17, 15) is 13.2 Å². The second kappa shape index (κ2) is 8.80. The Hall–Kier alpha value is -2.41. The lowest BCUT2D eigenvalue weighted by atomic mass is 10.0. The van der Waals surface area contributed by atoms with Gasteiger partial charge < -0.3 is 5.32 Å². The monoisotopic (exact) mass is 375 g/mol. The van der Waals surface area contributed by atoms with Crippen LogP contribution in [0.25, 0.3) is 0 Å². The van der Waals surface area contributed by atoms with Crippen LogP contribution in [0.5, 0.6) is 0 Å². The first-order valence-electron chi connectivity index (χ1n) is 8.60. The van der Waals surface area contributed by atoms with Gasteiger partial charge in [-0.3, -0.25) is 14.1 Å². The number of nitrogens with zero attached hydrogens (tertiary/aromatic N) is 2. The van der Waals surface area contributed by atoms with E-state index >= 15 is 0 Å². The quantitative estimate of drug-likeness (QED) is 0.768. The molecular formula is C19H25N3O3S. The minimum Gasteiger partial charge on any atom is -0.350 e. The van der Waals surface area contributed by atoms with E-state index < -0.39 is 10.0 Å². The SMILES string of the molecule is CCc1cccc(CC)c1N(CC(=O)NCc1cccnc1)S(C)(=O)=O. The average molecular weight is 375 g/mol. The van der Waals surface area contributed by atoms with Gasteiger partial charge in [0, 0.05) is 18.9 Å². The van der Waals surface area contributed by atoms with Gasteiger partial charge in [0.1, 0.15) is 6.54 Å². The summed E-state index contributed by atoms with van der Waals surface area (Å²) < 4.78 is 26.0. The highest BCUT2D eigenvalue weighted by molar-refractivity contribution is 7.92. The molecule has 7 heteroatoms. The second-order valence-electron chi connectivity index (χ2n) is 6.04. The van der Waals surface area contributed by atoms with Crippen LogP contribution >= 0.6 is 0 Å². The van der Waals surface area contributed by atoms with Crippen LogP contribution in [0.1, 0.15) is 30.5 Å². The molecule has 1 aromatic heterocycles. The molecular weight excluding hydrogens is 350 g/mol. The molecule has 26 heavy (non-hydrogen) atoms. The molecule has 0 bridgehead atoms. The molecule has 1 heterocycles. The zero-order valence-corrected chi connectivity index (χ0v) is 16.2. The van der Waals surface area contributed by atoms with Gasteiger partial charge in [-0.1, -0.05) is 38.1 Å². The van der Waals surface area contributed by atoms with Crippen molar-refractivity contribution in [3.8, 4) is 0 Å². The minimum absolute atomic E-state index is 0.247. The lowest BCUT2D eigenvalue weighted by Gasteiger charge is -2.26. The Morgan fingerprint density at radius 1 is 1.12 bits per heavy atom. The molecule has 0 atom stereocenters. The van der Waals surface area contributed by atoms with E-state index in [2.05, 4.69) is 10.3 Å². The number of anilines is 1. The summed E-state index contributed by atoms with van der Waals surface area (Å²) in [6, 6.07) is 9.36. The molecule has 6 nitrogen and oxygen atoms in total. The first kappa shape index (κ1) is 19.9. The van der Waals surface area contributed by atoms with Crippen molar-refractivity contribution in [2.45, 2.75) is 33.2 Å². The third-order valence-corrected chi connectivity index (χ3v) is 5.23. The number of sulfonamides is 1. The highest BCUT2D eigenvalue weighted by atomic mass is 32.2. The smallest absolute Gasteiger partial charge is 0.241 e. The number of nitrogens with one attached hydrogen (secondary N) is 1. The van der Waals surface area contributed by atoms with Crippen LogP contribution in [-0.4, -0.2) is 32.1 Å².